The smallest absolute Gasteiger partial charge is 0.0958 e. The fourth-order valence-electron chi connectivity index (χ4n) is 0.656. The van der Waals surface area contributed by atoms with Gasteiger partial charge in [0.15, 0.2) is 0 Å². The lowest BCUT2D eigenvalue weighted by Gasteiger charge is -2.33. The van der Waals surface area contributed by atoms with E-state index in [-0.39, 0.29) is 12.3 Å². The van der Waals surface area contributed by atoms with Crippen molar-refractivity contribution in [3.8, 4) is 0 Å². The molecule has 0 aliphatic carbocycles. The highest BCUT2D eigenvalue weighted by Crippen LogP contribution is 2.16. The highest BCUT2D eigenvalue weighted by Gasteiger charge is 2.20. The Kier molecular flexibility index (Phi) is 4.32. The van der Waals surface area contributed by atoms with Crippen LogP contribution in [0.5, 0.6) is 0 Å². The van der Waals surface area contributed by atoms with E-state index in [4.69, 9.17) is 5.11 Å². The zero-order chi connectivity index (χ0) is 8.20. The van der Waals surface area contributed by atoms with Crippen molar-refractivity contribution in [3.05, 3.63) is 0 Å². The number of rotatable bonds is 4. The van der Waals surface area contributed by atoms with Crippen LogP contribution in [-0.4, -0.2) is 35.1 Å². The van der Waals surface area contributed by atoms with Crippen molar-refractivity contribution in [1.29, 1.82) is 0 Å². The van der Waals surface area contributed by atoms with Gasteiger partial charge in [0.05, 0.1) is 6.73 Å². The van der Waals surface area contributed by atoms with Gasteiger partial charge < -0.3 is 5.11 Å². The van der Waals surface area contributed by atoms with Crippen molar-refractivity contribution >= 4 is 12.6 Å². The first kappa shape index (κ1) is 10.3. The van der Waals surface area contributed by atoms with Crippen LogP contribution in [0.2, 0.25) is 0 Å². The number of hydrogen-bond donors (Lipinski definition) is 2. The van der Waals surface area contributed by atoms with E-state index in [1.807, 2.05) is 11.9 Å². The van der Waals surface area contributed by atoms with Crippen LogP contribution < -0.4 is 0 Å². The standard InChI is InChI=1S/C7H17NOS/c1-7(2,4-5-10)8(3)6-9/h9-10H,4-6H2,1-3H3. The molecule has 0 aliphatic heterocycles. The van der Waals surface area contributed by atoms with Gasteiger partial charge >= 0.3 is 0 Å². The number of aliphatic hydroxyl groups is 1. The molecule has 0 saturated carbocycles. The molecule has 0 aromatic rings. The quantitative estimate of drug-likeness (QED) is 0.476. The maximum Gasteiger partial charge on any atom is 0.0958 e. The Morgan fingerprint density at radius 3 is 2.30 bits per heavy atom. The van der Waals surface area contributed by atoms with Gasteiger partial charge in [0.2, 0.25) is 0 Å². The first-order valence-corrected chi connectivity index (χ1v) is 4.11. The highest BCUT2D eigenvalue weighted by atomic mass is 32.1. The molecule has 0 aliphatic rings. The van der Waals surface area contributed by atoms with Crippen molar-refractivity contribution in [3.63, 3.8) is 0 Å². The molecule has 1 N–H and O–H groups in total. The summed E-state index contributed by atoms with van der Waals surface area (Å²) in [4.78, 5) is 1.91. The topological polar surface area (TPSA) is 23.5 Å². The van der Waals surface area contributed by atoms with Gasteiger partial charge in [-0.05, 0) is 33.1 Å². The summed E-state index contributed by atoms with van der Waals surface area (Å²) in [6.07, 6.45) is 0.993. The Balaban J connectivity index is 3.82. The van der Waals surface area contributed by atoms with Crippen molar-refractivity contribution in [2.45, 2.75) is 25.8 Å². The number of aliphatic hydroxyl groups excluding tert-OH is 1. The monoisotopic (exact) mass is 163 g/mol. The molecule has 0 amide bonds. The Labute approximate surface area is 68.6 Å². The number of nitrogens with zero attached hydrogens (tertiary/aromatic N) is 1. The molecule has 0 heterocycles. The first-order chi connectivity index (χ1) is 4.54. The fraction of sp³-hybridized carbons (Fsp3) is 1.00. The van der Waals surface area contributed by atoms with Crippen LogP contribution in [0.15, 0.2) is 0 Å². The van der Waals surface area contributed by atoms with E-state index < -0.39 is 0 Å². The molecule has 10 heavy (non-hydrogen) atoms. The number of thiol groups is 1. The van der Waals surface area contributed by atoms with E-state index in [9.17, 15) is 0 Å². The van der Waals surface area contributed by atoms with Crippen molar-refractivity contribution in [2.24, 2.45) is 0 Å². The molecular formula is C7H17NOS. The van der Waals surface area contributed by atoms with Crippen LogP contribution in [0.3, 0.4) is 0 Å². The molecule has 0 unspecified atom stereocenters. The predicted molar refractivity (Wildman–Crippen MR) is 47.4 cm³/mol. The largest absolute Gasteiger partial charge is 0.381 e. The van der Waals surface area contributed by atoms with E-state index in [1.165, 1.54) is 0 Å². The summed E-state index contributed by atoms with van der Waals surface area (Å²) >= 11 is 4.14. The zero-order valence-corrected chi connectivity index (χ0v) is 7.86. The third-order valence-electron chi connectivity index (χ3n) is 1.97. The second-order valence-corrected chi connectivity index (χ2v) is 3.57. The number of hydrogen-bond acceptors (Lipinski definition) is 3. The molecule has 2 nitrogen and oxygen atoms in total. The van der Waals surface area contributed by atoms with E-state index in [1.54, 1.807) is 0 Å². The van der Waals surface area contributed by atoms with Crippen molar-refractivity contribution in [1.82, 2.24) is 4.90 Å². The van der Waals surface area contributed by atoms with Gasteiger partial charge in [-0.3, -0.25) is 4.90 Å². The molecule has 0 bridgehead atoms. The molecule has 0 atom stereocenters. The van der Waals surface area contributed by atoms with Gasteiger partial charge in [-0.25, -0.2) is 0 Å². The van der Waals surface area contributed by atoms with Gasteiger partial charge in [-0.2, -0.15) is 12.6 Å². The maximum atomic E-state index is 8.80. The molecule has 0 spiro atoms. The summed E-state index contributed by atoms with van der Waals surface area (Å²) in [6, 6.07) is 0. The van der Waals surface area contributed by atoms with Crippen LogP contribution in [-0.2, 0) is 0 Å². The van der Waals surface area contributed by atoms with E-state index in [2.05, 4.69) is 26.5 Å². The minimum Gasteiger partial charge on any atom is -0.381 e. The second-order valence-electron chi connectivity index (χ2n) is 3.13. The third-order valence-corrected chi connectivity index (χ3v) is 2.19. The summed E-state index contributed by atoms with van der Waals surface area (Å²) in [5, 5.41) is 8.80. The van der Waals surface area contributed by atoms with Crippen molar-refractivity contribution < 1.29 is 5.11 Å². The molecule has 0 fully saturated rings. The molecule has 0 aromatic heterocycles. The van der Waals surface area contributed by atoms with Gasteiger partial charge in [0.1, 0.15) is 0 Å². The van der Waals surface area contributed by atoms with Crippen LogP contribution in [0.25, 0.3) is 0 Å². The summed E-state index contributed by atoms with van der Waals surface area (Å²) < 4.78 is 0. The third kappa shape index (κ3) is 2.90. The van der Waals surface area contributed by atoms with Crippen molar-refractivity contribution in [2.75, 3.05) is 19.5 Å². The summed E-state index contributed by atoms with van der Waals surface area (Å²) in [7, 11) is 1.91. The lowest BCUT2D eigenvalue weighted by molar-refractivity contribution is 0.0470. The van der Waals surface area contributed by atoms with Gasteiger partial charge in [-0.1, -0.05) is 0 Å². The Hall–Kier alpha value is 0.270. The average Bonchev–Trinajstić information content (AvgIpc) is 1.86. The average molecular weight is 163 g/mol. The van der Waals surface area contributed by atoms with Crippen LogP contribution in [0.4, 0.5) is 0 Å². The maximum absolute atomic E-state index is 8.80. The van der Waals surface area contributed by atoms with Gasteiger partial charge in [0, 0.05) is 5.54 Å². The lowest BCUT2D eigenvalue weighted by Crippen LogP contribution is -2.41. The second kappa shape index (κ2) is 4.21. The highest BCUT2D eigenvalue weighted by molar-refractivity contribution is 7.80. The summed E-state index contributed by atoms with van der Waals surface area (Å²) in [5.74, 6) is 0.858. The molecule has 0 aromatic carbocycles. The predicted octanol–water partition coefficient (Wildman–Crippen LogP) is 0.966. The van der Waals surface area contributed by atoms with E-state index in [0.29, 0.717) is 0 Å². The molecule has 0 rings (SSSR count). The Bertz CT molecular complexity index is 95.6. The fourth-order valence-corrected chi connectivity index (χ4v) is 1.20. The van der Waals surface area contributed by atoms with Gasteiger partial charge in [-0.15, -0.1) is 0 Å². The minimum absolute atomic E-state index is 0.0660. The molecule has 0 saturated heterocycles. The normalized spacial score (nSPS) is 12.6. The lowest BCUT2D eigenvalue weighted by atomic mass is 10.0. The zero-order valence-electron chi connectivity index (χ0n) is 6.96. The molecule has 0 radical (unpaired) electrons. The summed E-state index contributed by atoms with van der Waals surface area (Å²) in [5.41, 5.74) is 0.0660. The van der Waals surface area contributed by atoms with Crippen LogP contribution in [0, 0.1) is 0 Å². The van der Waals surface area contributed by atoms with Crippen LogP contribution >= 0.6 is 12.6 Å². The minimum atomic E-state index is 0.0660. The SMILES string of the molecule is CN(CO)C(C)(C)CCS. The first-order valence-electron chi connectivity index (χ1n) is 3.47. The molecule has 3 heteroatoms. The van der Waals surface area contributed by atoms with E-state index in [0.717, 1.165) is 12.2 Å². The molecule has 62 valence electrons. The van der Waals surface area contributed by atoms with E-state index >= 15 is 0 Å². The Morgan fingerprint density at radius 2 is 2.00 bits per heavy atom. The van der Waals surface area contributed by atoms with Gasteiger partial charge in [0.25, 0.3) is 0 Å². The Morgan fingerprint density at radius 1 is 1.50 bits per heavy atom. The molecular weight excluding hydrogens is 146 g/mol. The van der Waals surface area contributed by atoms with Crippen LogP contribution in [0.1, 0.15) is 20.3 Å². The summed E-state index contributed by atoms with van der Waals surface area (Å²) in [6.45, 7) is 4.31.